The van der Waals surface area contributed by atoms with E-state index in [0.29, 0.717) is 38.3 Å². The average Bonchev–Trinajstić information content (AvgIpc) is 3.34. The number of hydroxylamine groups is 2. The molecule has 1 unspecified atom stereocenters. The standard InChI is InChI=1S/C29H35ClN6O3/c1-33-13-6-9-21(33)18-39-29-31-24-17-35(25-11-5-8-19-7-4-10-23(30)26(19)25)14-12-22(24)27(32-29)36-15-20(16-36)28(37)34(2)38-3/h4-5,7-8,10-11,20-21H,6,9,12-18H2,1-3H3. The van der Waals surface area contributed by atoms with E-state index in [9.17, 15) is 4.79 Å². The molecule has 39 heavy (non-hydrogen) atoms. The zero-order valence-electron chi connectivity index (χ0n) is 22.8. The van der Waals surface area contributed by atoms with Gasteiger partial charge in [-0.1, -0.05) is 35.9 Å². The van der Waals surface area contributed by atoms with E-state index in [2.05, 4.69) is 46.0 Å². The van der Waals surface area contributed by atoms with Crippen LogP contribution in [0.25, 0.3) is 10.8 Å². The van der Waals surface area contributed by atoms with Crippen molar-refractivity contribution in [1.82, 2.24) is 19.9 Å². The smallest absolute Gasteiger partial charge is 0.318 e. The van der Waals surface area contributed by atoms with E-state index in [1.165, 1.54) is 18.6 Å². The number of aromatic nitrogens is 2. The Hall–Kier alpha value is -3.14. The number of carbonyl (C=O) groups excluding carboxylic acids is 1. The third-order valence-corrected chi connectivity index (χ3v) is 8.70. The van der Waals surface area contributed by atoms with Crippen LogP contribution in [0.1, 0.15) is 24.1 Å². The summed E-state index contributed by atoms with van der Waals surface area (Å²) in [5.41, 5.74) is 3.21. The number of hydrogen-bond acceptors (Lipinski definition) is 8. The minimum absolute atomic E-state index is 0.0172. The zero-order chi connectivity index (χ0) is 27.1. The number of amides is 1. The van der Waals surface area contributed by atoms with Crippen molar-refractivity contribution >= 4 is 39.8 Å². The number of anilines is 2. The van der Waals surface area contributed by atoms with E-state index in [1.807, 2.05) is 12.1 Å². The molecule has 0 aliphatic carbocycles. The maximum Gasteiger partial charge on any atom is 0.318 e. The summed E-state index contributed by atoms with van der Waals surface area (Å²) >= 11 is 6.66. The molecule has 0 bridgehead atoms. The number of ether oxygens (including phenoxy) is 1. The highest BCUT2D eigenvalue weighted by Crippen LogP contribution is 2.38. The molecule has 0 spiro atoms. The number of likely N-dealkylation sites (N-methyl/N-ethyl adjacent to an activating group) is 1. The lowest BCUT2D eigenvalue weighted by atomic mass is 9.96. The molecule has 206 valence electrons. The first-order chi connectivity index (χ1) is 18.9. The van der Waals surface area contributed by atoms with Crippen LogP contribution in [-0.4, -0.2) is 85.9 Å². The Bertz CT molecular complexity index is 1380. The first-order valence-corrected chi connectivity index (χ1v) is 14.0. The van der Waals surface area contributed by atoms with Gasteiger partial charge in [-0.15, -0.1) is 0 Å². The second kappa shape index (κ2) is 10.8. The molecule has 6 rings (SSSR count). The molecule has 0 saturated carbocycles. The predicted octanol–water partition coefficient (Wildman–Crippen LogP) is 3.77. The Labute approximate surface area is 234 Å². The minimum Gasteiger partial charge on any atom is -0.462 e. The first kappa shape index (κ1) is 26.1. The monoisotopic (exact) mass is 550 g/mol. The molecule has 2 aromatic carbocycles. The molecular formula is C29H35ClN6O3. The van der Waals surface area contributed by atoms with Gasteiger partial charge in [-0.25, -0.2) is 5.06 Å². The van der Waals surface area contributed by atoms with E-state index >= 15 is 0 Å². The van der Waals surface area contributed by atoms with Crippen LogP contribution in [0.15, 0.2) is 36.4 Å². The number of nitrogens with zero attached hydrogens (tertiary/aromatic N) is 6. The van der Waals surface area contributed by atoms with E-state index in [-0.39, 0.29) is 11.8 Å². The van der Waals surface area contributed by atoms with Gasteiger partial charge in [0.05, 0.1) is 30.3 Å². The lowest BCUT2D eigenvalue weighted by Gasteiger charge is -2.42. The summed E-state index contributed by atoms with van der Waals surface area (Å²) in [4.78, 5) is 34.4. The highest BCUT2D eigenvalue weighted by molar-refractivity contribution is 6.36. The van der Waals surface area contributed by atoms with E-state index in [4.69, 9.17) is 31.1 Å². The van der Waals surface area contributed by atoms with Gasteiger partial charge >= 0.3 is 6.01 Å². The molecule has 10 heteroatoms. The van der Waals surface area contributed by atoms with Crippen LogP contribution in [-0.2, 0) is 22.6 Å². The highest BCUT2D eigenvalue weighted by Gasteiger charge is 2.38. The molecule has 1 amide bonds. The molecule has 9 nitrogen and oxygen atoms in total. The van der Waals surface area contributed by atoms with Crippen LogP contribution in [0, 0.1) is 5.92 Å². The van der Waals surface area contributed by atoms with Gasteiger partial charge in [0.15, 0.2) is 0 Å². The summed E-state index contributed by atoms with van der Waals surface area (Å²) in [5, 5.41) is 4.24. The maximum absolute atomic E-state index is 12.6. The highest BCUT2D eigenvalue weighted by atomic mass is 35.5. The summed E-state index contributed by atoms with van der Waals surface area (Å²) in [6.07, 6.45) is 3.10. The second-order valence-electron chi connectivity index (χ2n) is 10.7. The Morgan fingerprint density at radius 1 is 1.13 bits per heavy atom. The Balaban J connectivity index is 1.29. The number of halogens is 1. The van der Waals surface area contributed by atoms with Crippen molar-refractivity contribution in [2.45, 2.75) is 31.8 Å². The van der Waals surface area contributed by atoms with Gasteiger partial charge in [-0.2, -0.15) is 9.97 Å². The average molecular weight is 551 g/mol. The summed E-state index contributed by atoms with van der Waals surface area (Å²) in [7, 11) is 5.30. The first-order valence-electron chi connectivity index (χ1n) is 13.6. The van der Waals surface area contributed by atoms with Crippen molar-refractivity contribution in [3.63, 3.8) is 0 Å². The van der Waals surface area contributed by atoms with Crippen LogP contribution < -0.4 is 14.5 Å². The number of carbonyl (C=O) groups is 1. The molecule has 3 aromatic rings. The number of benzene rings is 2. The number of rotatable bonds is 7. The van der Waals surface area contributed by atoms with Gasteiger partial charge < -0.3 is 19.4 Å². The van der Waals surface area contributed by atoms with Crippen molar-refractivity contribution in [3.8, 4) is 6.01 Å². The summed E-state index contributed by atoms with van der Waals surface area (Å²) in [6, 6.07) is 13.1. The van der Waals surface area contributed by atoms with Crippen LogP contribution in [0.4, 0.5) is 11.5 Å². The molecular weight excluding hydrogens is 516 g/mol. The lowest BCUT2D eigenvalue weighted by molar-refractivity contribution is -0.174. The van der Waals surface area contributed by atoms with Gasteiger partial charge in [-0.3, -0.25) is 9.63 Å². The summed E-state index contributed by atoms with van der Waals surface area (Å²) in [5.74, 6) is 0.751. The van der Waals surface area contributed by atoms with Gasteiger partial charge in [-0.05, 0) is 50.4 Å². The van der Waals surface area contributed by atoms with Gasteiger partial charge in [0.25, 0.3) is 5.91 Å². The molecule has 0 radical (unpaired) electrons. The van der Waals surface area contributed by atoms with Crippen LogP contribution in [0.5, 0.6) is 6.01 Å². The molecule has 1 atom stereocenters. The summed E-state index contributed by atoms with van der Waals surface area (Å²) in [6.45, 7) is 4.32. The zero-order valence-corrected chi connectivity index (χ0v) is 23.5. The summed E-state index contributed by atoms with van der Waals surface area (Å²) < 4.78 is 6.22. The van der Waals surface area contributed by atoms with Crippen molar-refractivity contribution in [2.24, 2.45) is 5.92 Å². The number of fused-ring (bicyclic) bond motifs is 2. The Kier molecular flexibility index (Phi) is 7.22. The molecule has 2 saturated heterocycles. The van der Waals surface area contributed by atoms with E-state index in [0.717, 1.165) is 64.5 Å². The second-order valence-corrected chi connectivity index (χ2v) is 11.2. The molecule has 3 aliphatic heterocycles. The predicted molar refractivity (Wildman–Crippen MR) is 152 cm³/mol. The van der Waals surface area contributed by atoms with Gasteiger partial charge in [0, 0.05) is 49.4 Å². The Morgan fingerprint density at radius 2 is 1.92 bits per heavy atom. The largest absolute Gasteiger partial charge is 0.462 e. The van der Waals surface area contributed by atoms with Crippen molar-refractivity contribution in [2.75, 3.05) is 63.8 Å². The van der Waals surface area contributed by atoms with Gasteiger partial charge in [0.2, 0.25) is 0 Å². The fourth-order valence-electron chi connectivity index (χ4n) is 5.98. The maximum atomic E-state index is 12.6. The van der Waals surface area contributed by atoms with E-state index in [1.54, 1.807) is 7.05 Å². The topological polar surface area (TPSA) is 74.3 Å². The quantitative estimate of drug-likeness (QED) is 0.412. The fourth-order valence-corrected chi connectivity index (χ4v) is 6.25. The third-order valence-electron chi connectivity index (χ3n) is 8.39. The third kappa shape index (κ3) is 4.99. The fraction of sp³-hybridized carbons (Fsp3) is 0.483. The molecule has 0 N–H and O–H groups in total. The van der Waals surface area contributed by atoms with Crippen molar-refractivity contribution < 1.29 is 14.4 Å². The molecule has 4 heterocycles. The normalized spacial score (nSPS) is 19.7. The SMILES string of the molecule is CON(C)C(=O)C1CN(c2nc(OCC3CCCN3C)nc3c2CCN(c2cccc4cccc(Cl)c24)C3)C1. The number of hydrogen-bond donors (Lipinski definition) is 0. The van der Waals surface area contributed by atoms with Crippen LogP contribution >= 0.6 is 11.6 Å². The van der Waals surface area contributed by atoms with Gasteiger partial charge in [0.1, 0.15) is 12.4 Å². The van der Waals surface area contributed by atoms with Crippen LogP contribution in [0.3, 0.4) is 0 Å². The lowest BCUT2D eigenvalue weighted by Crippen LogP contribution is -2.54. The number of likely N-dealkylation sites (tertiary alicyclic amines) is 1. The van der Waals surface area contributed by atoms with Crippen molar-refractivity contribution in [1.29, 1.82) is 0 Å². The minimum atomic E-state index is -0.116. The van der Waals surface area contributed by atoms with E-state index < -0.39 is 0 Å². The Morgan fingerprint density at radius 3 is 2.67 bits per heavy atom. The van der Waals surface area contributed by atoms with Crippen LogP contribution in [0.2, 0.25) is 5.02 Å². The molecule has 2 fully saturated rings. The van der Waals surface area contributed by atoms with Crippen molar-refractivity contribution in [3.05, 3.63) is 52.7 Å². The molecule has 3 aliphatic rings. The molecule has 1 aromatic heterocycles.